The number of nitrogens with one attached hydrogen (secondary N) is 1. The Bertz CT molecular complexity index is 278. The quantitative estimate of drug-likeness (QED) is 0.815. The molecule has 2 rings (SSSR count). The van der Waals surface area contributed by atoms with E-state index in [2.05, 4.69) is 23.3 Å². The van der Waals surface area contributed by atoms with Gasteiger partial charge in [0.15, 0.2) is 0 Å². The molecule has 1 aliphatic rings. The largest absolute Gasteiger partial charge is 0.381 e. The van der Waals surface area contributed by atoms with Crippen LogP contribution in [-0.4, -0.2) is 11.0 Å². The third-order valence-electron chi connectivity index (χ3n) is 3.41. The standard InChI is InChI=1S/C13H20N2/c1-11(12-6-3-2-4-7-12)15-13-8-5-9-14-10-13/h5,8-12,15H,2-4,6-7H2,1H3. The molecular weight excluding hydrogens is 184 g/mol. The van der Waals surface area contributed by atoms with Gasteiger partial charge in [-0.1, -0.05) is 19.3 Å². The summed E-state index contributed by atoms with van der Waals surface area (Å²) in [5.74, 6) is 0.846. The lowest BCUT2D eigenvalue weighted by Crippen LogP contribution is -2.27. The molecule has 1 atom stereocenters. The molecule has 1 aliphatic carbocycles. The molecule has 1 N–H and O–H groups in total. The summed E-state index contributed by atoms with van der Waals surface area (Å²) in [6.07, 6.45) is 10.7. The van der Waals surface area contributed by atoms with Gasteiger partial charge in [-0.05, 0) is 37.8 Å². The summed E-state index contributed by atoms with van der Waals surface area (Å²) >= 11 is 0. The van der Waals surface area contributed by atoms with E-state index in [0.29, 0.717) is 6.04 Å². The molecule has 0 radical (unpaired) electrons. The molecule has 0 spiro atoms. The summed E-state index contributed by atoms with van der Waals surface area (Å²) in [6, 6.07) is 4.65. The van der Waals surface area contributed by atoms with Crippen molar-refractivity contribution in [3.8, 4) is 0 Å². The molecule has 1 aromatic heterocycles. The van der Waals surface area contributed by atoms with Gasteiger partial charge in [0.05, 0.1) is 5.69 Å². The van der Waals surface area contributed by atoms with Crippen LogP contribution in [0, 0.1) is 5.92 Å². The molecule has 0 amide bonds. The summed E-state index contributed by atoms with van der Waals surface area (Å²) < 4.78 is 0. The lowest BCUT2D eigenvalue weighted by molar-refractivity contribution is 0.328. The Morgan fingerprint density at radius 1 is 1.33 bits per heavy atom. The zero-order valence-corrected chi connectivity index (χ0v) is 9.45. The highest BCUT2D eigenvalue weighted by Crippen LogP contribution is 2.27. The monoisotopic (exact) mass is 204 g/mol. The smallest absolute Gasteiger partial charge is 0.0528 e. The molecule has 1 unspecified atom stereocenters. The molecular formula is C13H20N2. The van der Waals surface area contributed by atoms with E-state index in [1.165, 1.54) is 32.1 Å². The number of rotatable bonds is 3. The summed E-state index contributed by atoms with van der Waals surface area (Å²) in [6.45, 7) is 2.29. The highest BCUT2D eigenvalue weighted by molar-refractivity contribution is 5.40. The first-order valence-electron chi connectivity index (χ1n) is 6.03. The highest BCUT2D eigenvalue weighted by atomic mass is 14.9. The van der Waals surface area contributed by atoms with E-state index in [1.807, 2.05) is 18.5 Å². The molecule has 1 saturated carbocycles. The average Bonchev–Trinajstić information content (AvgIpc) is 2.31. The van der Waals surface area contributed by atoms with Crippen molar-refractivity contribution in [3.05, 3.63) is 24.5 Å². The van der Waals surface area contributed by atoms with Gasteiger partial charge in [-0.3, -0.25) is 4.98 Å². The van der Waals surface area contributed by atoms with E-state index in [4.69, 9.17) is 0 Å². The van der Waals surface area contributed by atoms with E-state index in [9.17, 15) is 0 Å². The van der Waals surface area contributed by atoms with Crippen molar-refractivity contribution in [2.24, 2.45) is 5.92 Å². The van der Waals surface area contributed by atoms with Gasteiger partial charge in [0.1, 0.15) is 0 Å². The van der Waals surface area contributed by atoms with Gasteiger partial charge in [0.2, 0.25) is 0 Å². The predicted octanol–water partition coefficient (Wildman–Crippen LogP) is 3.46. The zero-order valence-electron chi connectivity index (χ0n) is 9.45. The molecule has 1 heterocycles. The Morgan fingerprint density at radius 2 is 2.13 bits per heavy atom. The van der Waals surface area contributed by atoms with Crippen LogP contribution < -0.4 is 5.32 Å². The van der Waals surface area contributed by atoms with Crippen LogP contribution in [0.4, 0.5) is 5.69 Å². The van der Waals surface area contributed by atoms with E-state index in [-0.39, 0.29) is 0 Å². The predicted molar refractivity (Wildman–Crippen MR) is 63.9 cm³/mol. The molecule has 1 fully saturated rings. The Morgan fingerprint density at radius 3 is 2.80 bits per heavy atom. The van der Waals surface area contributed by atoms with Crippen molar-refractivity contribution in [1.82, 2.24) is 4.98 Å². The lowest BCUT2D eigenvalue weighted by Gasteiger charge is -2.28. The SMILES string of the molecule is CC(Nc1cccnc1)C1CCCCC1. The van der Waals surface area contributed by atoms with Crippen molar-refractivity contribution in [1.29, 1.82) is 0 Å². The molecule has 2 nitrogen and oxygen atoms in total. The number of aromatic nitrogens is 1. The topological polar surface area (TPSA) is 24.9 Å². The van der Waals surface area contributed by atoms with Crippen molar-refractivity contribution >= 4 is 5.69 Å². The van der Waals surface area contributed by atoms with Gasteiger partial charge in [0, 0.05) is 18.4 Å². The Hall–Kier alpha value is -1.05. The van der Waals surface area contributed by atoms with Crippen LogP contribution in [0.25, 0.3) is 0 Å². The molecule has 0 bridgehead atoms. The van der Waals surface area contributed by atoms with Gasteiger partial charge < -0.3 is 5.32 Å². The Balaban J connectivity index is 1.88. The van der Waals surface area contributed by atoms with Crippen LogP contribution in [0.1, 0.15) is 39.0 Å². The second kappa shape index (κ2) is 5.15. The van der Waals surface area contributed by atoms with Crippen LogP contribution in [0.2, 0.25) is 0 Å². The van der Waals surface area contributed by atoms with E-state index in [1.54, 1.807) is 0 Å². The average molecular weight is 204 g/mol. The molecule has 2 heteroatoms. The summed E-state index contributed by atoms with van der Waals surface area (Å²) in [7, 11) is 0. The van der Waals surface area contributed by atoms with Gasteiger partial charge in [0.25, 0.3) is 0 Å². The van der Waals surface area contributed by atoms with Gasteiger partial charge in [-0.2, -0.15) is 0 Å². The van der Waals surface area contributed by atoms with Crippen LogP contribution in [0.5, 0.6) is 0 Å². The highest BCUT2D eigenvalue weighted by Gasteiger charge is 2.19. The first-order chi connectivity index (χ1) is 7.36. The van der Waals surface area contributed by atoms with Crippen molar-refractivity contribution < 1.29 is 0 Å². The first-order valence-corrected chi connectivity index (χ1v) is 6.03. The number of nitrogens with zero attached hydrogens (tertiary/aromatic N) is 1. The van der Waals surface area contributed by atoms with E-state index in [0.717, 1.165) is 11.6 Å². The second-order valence-electron chi connectivity index (χ2n) is 4.57. The number of hydrogen-bond donors (Lipinski definition) is 1. The summed E-state index contributed by atoms with van der Waals surface area (Å²) in [5.41, 5.74) is 1.15. The second-order valence-corrected chi connectivity index (χ2v) is 4.57. The minimum atomic E-state index is 0.578. The minimum absolute atomic E-state index is 0.578. The Labute approximate surface area is 92.1 Å². The molecule has 82 valence electrons. The van der Waals surface area contributed by atoms with E-state index < -0.39 is 0 Å². The zero-order chi connectivity index (χ0) is 10.5. The molecule has 0 aliphatic heterocycles. The van der Waals surface area contributed by atoms with Gasteiger partial charge >= 0.3 is 0 Å². The summed E-state index contributed by atoms with van der Waals surface area (Å²) in [4.78, 5) is 4.12. The number of hydrogen-bond acceptors (Lipinski definition) is 2. The van der Waals surface area contributed by atoms with Crippen molar-refractivity contribution in [3.63, 3.8) is 0 Å². The fraction of sp³-hybridized carbons (Fsp3) is 0.615. The summed E-state index contributed by atoms with van der Waals surface area (Å²) in [5, 5.41) is 3.55. The van der Waals surface area contributed by atoms with Gasteiger partial charge in [-0.15, -0.1) is 0 Å². The minimum Gasteiger partial charge on any atom is -0.381 e. The van der Waals surface area contributed by atoms with Crippen LogP contribution in [-0.2, 0) is 0 Å². The van der Waals surface area contributed by atoms with Crippen molar-refractivity contribution in [2.75, 3.05) is 5.32 Å². The van der Waals surface area contributed by atoms with E-state index >= 15 is 0 Å². The molecule has 15 heavy (non-hydrogen) atoms. The Kier molecular flexibility index (Phi) is 3.59. The first kappa shape index (κ1) is 10.5. The number of pyridine rings is 1. The van der Waals surface area contributed by atoms with Crippen LogP contribution in [0.15, 0.2) is 24.5 Å². The van der Waals surface area contributed by atoms with Crippen molar-refractivity contribution in [2.45, 2.75) is 45.1 Å². The maximum absolute atomic E-state index is 4.12. The third-order valence-corrected chi connectivity index (χ3v) is 3.41. The van der Waals surface area contributed by atoms with Gasteiger partial charge in [-0.25, -0.2) is 0 Å². The normalized spacial score (nSPS) is 19.8. The molecule has 0 saturated heterocycles. The fourth-order valence-electron chi connectivity index (χ4n) is 2.46. The maximum Gasteiger partial charge on any atom is 0.0528 e. The number of anilines is 1. The third kappa shape index (κ3) is 2.95. The lowest BCUT2D eigenvalue weighted by atomic mass is 9.84. The van der Waals surface area contributed by atoms with Crippen LogP contribution >= 0.6 is 0 Å². The fourth-order valence-corrected chi connectivity index (χ4v) is 2.46. The van der Waals surface area contributed by atoms with Crippen LogP contribution in [0.3, 0.4) is 0 Å². The molecule has 0 aromatic carbocycles. The maximum atomic E-state index is 4.12. The molecule has 1 aromatic rings.